The predicted octanol–water partition coefficient (Wildman–Crippen LogP) is 5.72. The number of anilines is 1. The zero-order valence-corrected chi connectivity index (χ0v) is 21.3. The summed E-state index contributed by atoms with van der Waals surface area (Å²) in [5.41, 5.74) is 5.40. The fraction of sp³-hybridized carbons (Fsp3) is 0.111. The summed E-state index contributed by atoms with van der Waals surface area (Å²) in [5, 5.41) is 11.7. The third kappa shape index (κ3) is 6.75. The topological polar surface area (TPSA) is 97.6 Å². The number of ether oxygens (including phenoxy) is 1. The number of aromatic nitrogens is 2. The molecule has 0 saturated heterocycles. The van der Waals surface area contributed by atoms with Crippen molar-refractivity contribution in [2.45, 2.75) is 13.3 Å². The highest BCUT2D eigenvalue weighted by Crippen LogP contribution is 2.26. The molecule has 0 spiro atoms. The Bertz CT molecular complexity index is 1420. The fourth-order valence-corrected chi connectivity index (χ4v) is 3.67. The number of hydrogen-bond donors (Lipinski definition) is 2. The summed E-state index contributed by atoms with van der Waals surface area (Å²) in [4.78, 5) is 24.6. The van der Waals surface area contributed by atoms with Gasteiger partial charge in [0.05, 0.1) is 29.2 Å². The van der Waals surface area contributed by atoms with Gasteiger partial charge in [0.25, 0.3) is 0 Å². The molecular weight excluding hydrogens is 513 g/mol. The van der Waals surface area contributed by atoms with Crippen LogP contribution >= 0.6 is 23.2 Å². The van der Waals surface area contributed by atoms with Gasteiger partial charge in [-0.1, -0.05) is 48.3 Å². The van der Waals surface area contributed by atoms with Gasteiger partial charge in [0.2, 0.25) is 0 Å². The smallest absolute Gasteiger partial charge is 0.329 e. The van der Waals surface area contributed by atoms with Crippen LogP contribution in [-0.4, -0.2) is 34.4 Å². The van der Waals surface area contributed by atoms with Crippen molar-refractivity contribution in [3.63, 3.8) is 0 Å². The number of hydrazone groups is 1. The van der Waals surface area contributed by atoms with Crippen molar-refractivity contribution >= 4 is 46.9 Å². The van der Waals surface area contributed by atoms with E-state index in [1.54, 1.807) is 16.9 Å². The summed E-state index contributed by atoms with van der Waals surface area (Å²) in [5.74, 6) is -1.15. The number of amides is 2. The lowest BCUT2D eigenvalue weighted by Gasteiger charge is -2.06. The Morgan fingerprint density at radius 2 is 1.78 bits per heavy atom. The molecule has 37 heavy (non-hydrogen) atoms. The molecule has 1 aromatic heterocycles. The van der Waals surface area contributed by atoms with Crippen molar-refractivity contribution in [1.82, 2.24) is 15.2 Å². The van der Waals surface area contributed by atoms with Crippen LogP contribution in [0.5, 0.6) is 5.75 Å². The average Bonchev–Trinajstić information content (AvgIpc) is 3.34. The van der Waals surface area contributed by atoms with Crippen molar-refractivity contribution in [1.29, 1.82) is 0 Å². The van der Waals surface area contributed by atoms with Crippen LogP contribution in [0, 0.1) is 0 Å². The molecule has 0 aliphatic carbocycles. The second kappa shape index (κ2) is 12.2. The zero-order chi connectivity index (χ0) is 26.2. The lowest BCUT2D eigenvalue weighted by molar-refractivity contribution is -0.136. The third-order valence-corrected chi connectivity index (χ3v) is 5.68. The molecule has 0 aliphatic rings. The predicted molar refractivity (Wildman–Crippen MR) is 146 cm³/mol. The van der Waals surface area contributed by atoms with Gasteiger partial charge >= 0.3 is 11.8 Å². The molecule has 4 rings (SSSR count). The van der Waals surface area contributed by atoms with Crippen LogP contribution < -0.4 is 15.5 Å². The molecule has 0 aliphatic heterocycles. The maximum atomic E-state index is 12.3. The van der Waals surface area contributed by atoms with Crippen molar-refractivity contribution in [2.24, 2.45) is 5.10 Å². The first-order chi connectivity index (χ1) is 17.9. The molecule has 2 amide bonds. The third-order valence-electron chi connectivity index (χ3n) is 5.12. The largest absolute Gasteiger partial charge is 0.494 e. The minimum absolute atomic E-state index is 0.219. The molecule has 1 heterocycles. The first-order valence-corrected chi connectivity index (χ1v) is 12.2. The van der Waals surface area contributed by atoms with Crippen molar-refractivity contribution < 1.29 is 14.3 Å². The Morgan fingerprint density at radius 3 is 2.51 bits per heavy atom. The first kappa shape index (κ1) is 25.9. The van der Waals surface area contributed by atoms with Gasteiger partial charge < -0.3 is 10.1 Å². The number of halogens is 2. The molecule has 0 saturated carbocycles. The highest BCUT2D eigenvalue weighted by Gasteiger charge is 2.16. The molecule has 2 N–H and O–H groups in total. The number of rotatable bonds is 8. The Labute approximate surface area is 223 Å². The summed E-state index contributed by atoms with van der Waals surface area (Å²) < 4.78 is 7.38. The van der Waals surface area contributed by atoms with Gasteiger partial charge in [-0.25, -0.2) is 10.1 Å². The van der Waals surface area contributed by atoms with Gasteiger partial charge in [-0.3, -0.25) is 9.59 Å². The maximum absolute atomic E-state index is 12.3. The molecule has 4 aromatic rings. The lowest BCUT2D eigenvalue weighted by Crippen LogP contribution is -2.32. The van der Waals surface area contributed by atoms with E-state index in [1.807, 2.05) is 61.5 Å². The summed E-state index contributed by atoms with van der Waals surface area (Å²) in [6, 6.07) is 21.7. The Kier molecular flexibility index (Phi) is 8.56. The van der Waals surface area contributed by atoms with Crippen molar-refractivity contribution in [3.05, 3.63) is 94.6 Å². The number of carbonyl (C=O) groups excluding carboxylic acids is 2. The average molecular weight is 536 g/mol. The Balaban J connectivity index is 1.53. The molecule has 0 fully saturated rings. The van der Waals surface area contributed by atoms with Crippen LogP contribution in [0.3, 0.4) is 0 Å². The number of nitrogens with one attached hydrogen (secondary N) is 2. The van der Waals surface area contributed by atoms with Gasteiger partial charge in [-0.2, -0.15) is 10.2 Å². The molecular formula is C27H23Cl2N5O3. The van der Waals surface area contributed by atoms with E-state index < -0.39 is 11.8 Å². The molecule has 188 valence electrons. The van der Waals surface area contributed by atoms with E-state index in [9.17, 15) is 9.59 Å². The summed E-state index contributed by atoms with van der Waals surface area (Å²) in [6.07, 6.45) is 4.13. The van der Waals surface area contributed by atoms with Crippen LogP contribution in [0.4, 0.5) is 5.69 Å². The van der Waals surface area contributed by atoms with Gasteiger partial charge in [-0.15, -0.1) is 0 Å². The number of para-hydroxylation sites is 1. The van der Waals surface area contributed by atoms with Crippen LogP contribution in [-0.2, 0) is 9.59 Å². The number of benzene rings is 3. The van der Waals surface area contributed by atoms with E-state index in [0.717, 1.165) is 23.4 Å². The highest BCUT2D eigenvalue weighted by molar-refractivity contribution is 6.42. The molecule has 0 radical (unpaired) electrons. The molecule has 0 unspecified atom stereocenters. The van der Waals surface area contributed by atoms with E-state index in [1.165, 1.54) is 18.3 Å². The van der Waals surface area contributed by atoms with E-state index in [0.29, 0.717) is 22.9 Å². The molecule has 8 nitrogen and oxygen atoms in total. The van der Waals surface area contributed by atoms with Gasteiger partial charge in [0, 0.05) is 22.3 Å². The molecule has 0 atom stereocenters. The molecule has 3 aromatic carbocycles. The number of hydrogen-bond acceptors (Lipinski definition) is 5. The minimum atomic E-state index is -0.971. The highest BCUT2D eigenvalue weighted by atomic mass is 35.5. The monoisotopic (exact) mass is 535 g/mol. The van der Waals surface area contributed by atoms with E-state index >= 15 is 0 Å². The summed E-state index contributed by atoms with van der Waals surface area (Å²) in [7, 11) is 0. The van der Waals surface area contributed by atoms with Gasteiger partial charge in [0.1, 0.15) is 11.4 Å². The first-order valence-electron chi connectivity index (χ1n) is 11.4. The molecule has 10 heteroatoms. The van der Waals surface area contributed by atoms with Crippen LogP contribution in [0.25, 0.3) is 16.9 Å². The minimum Gasteiger partial charge on any atom is -0.494 e. The normalized spacial score (nSPS) is 10.9. The SMILES string of the molecule is CCCOc1ccc(-c2nn(-c3ccccc3)cc2/C=N/NC(=O)C(=O)Nc2cc(Cl)ccc2Cl)cc1. The number of nitrogens with zero attached hydrogens (tertiary/aromatic N) is 3. The van der Waals surface area contributed by atoms with E-state index in [2.05, 4.69) is 15.8 Å². The van der Waals surface area contributed by atoms with Crippen LogP contribution in [0.1, 0.15) is 18.9 Å². The van der Waals surface area contributed by atoms with Crippen LogP contribution in [0.15, 0.2) is 84.1 Å². The standard InChI is InChI=1S/C27H23Cl2N5O3/c1-2-14-37-22-11-8-18(9-12-22)25-19(17-34(33-25)21-6-4-3-5-7-21)16-30-32-27(36)26(35)31-24-15-20(28)10-13-23(24)29/h3-13,15-17H,2,14H2,1H3,(H,31,35)(H,32,36)/b30-16+. The summed E-state index contributed by atoms with van der Waals surface area (Å²) >= 11 is 12.0. The molecule has 0 bridgehead atoms. The van der Waals surface area contributed by atoms with Crippen LogP contribution in [0.2, 0.25) is 10.0 Å². The Hall–Kier alpha value is -4.14. The van der Waals surface area contributed by atoms with Gasteiger partial charge in [-0.05, 0) is 61.0 Å². The zero-order valence-electron chi connectivity index (χ0n) is 19.8. The van der Waals surface area contributed by atoms with Crippen molar-refractivity contribution in [2.75, 3.05) is 11.9 Å². The second-order valence-electron chi connectivity index (χ2n) is 7.86. The lowest BCUT2D eigenvalue weighted by atomic mass is 10.1. The summed E-state index contributed by atoms with van der Waals surface area (Å²) in [6.45, 7) is 2.68. The number of carbonyl (C=O) groups is 2. The maximum Gasteiger partial charge on any atom is 0.329 e. The van der Waals surface area contributed by atoms with Crippen molar-refractivity contribution in [3.8, 4) is 22.7 Å². The fourth-order valence-electron chi connectivity index (χ4n) is 3.33. The van der Waals surface area contributed by atoms with E-state index in [4.69, 9.17) is 33.0 Å². The second-order valence-corrected chi connectivity index (χ2v) is 8.71. The Morgan fingerprint density at radius 1 is 1.03 bits per heavy atom. The van der Waals surface area contributed by atoms with E-state index in [-0.39, 0.29) is 10.7 Å². The quantitative estimate of drug-likeness (QED) is 0.171. The van der Waals surface area contributed by atoms with Gasteiger partial charge in [0.15, 0.2) is 0 Å².